The maximum Gasteiger partial charge on any atom is 0.269 e. The maximum atomic E-state index is 13.1. The quantitative estimate of drug-likeness (QED) is 0.189. The van der Waals surface area contributed by atoms with Crippen LogP contribution in [0.4, 0.5) is 5.69 Å². The topological polar surface area (TPSA) is 101 Å². The standard InChI is InChI=1S/C25H20N4O4S/c1-18(14-19-6-3-2-4-7-19)16-26-27-25-28(17-22-8-5-13-33-22)24(30)23(34-25)15-20-9-11-21(12-10-20)29(31)32/h2-16H,17H2,1H3/b18-14+,23-15-,26-16-,27-25+. The van der Waals surface area contributed by atoms with Gasteiger partial charge in [-0.2, -0.15) is 5.10 Å². The molecule has 2 aromatic carbocycles. The minimum absolute atomic E-state index is 0.0116. The summed E-state index contributed by atoms with van der Waals surface area (Å²) in [6, 6.07) is 19.4. The van der Waals surface area contributed by atoms with Crippen molar-refractivity contribution in [1.82, 2.24) is 4.90 Å². The Morgan fingerprint density at radius 3 is 2.53 bits per heavy atom. The number of furan rings is 1. The van der Waals surface area contributed by atoms with Crippen LogP contribution in [0, 0.1) is 10.1 Å². The van der Waals surface area contributed by atoms with Gasteiger partial charge in [0.15, 0.2) is 5.17 Å². The van der Waals surface area contributed by atoms with Crippen molar-refractivity contribution in [2.24, 2.45) is 10.2 Å². The van der Waals surface area contributed by atoms with E-state index in [2.05, 4.69) is 10.2 Å². The van der Waals surface area contributed by atoms with E-state index in [1.807, 2.05) is 43.3 Å². The van der Waals surface area contributed by atoms with Crippen molar-refractivity contribution in [2.75, 3.05) is 0 Å². The van der Waals surface area contributed by atoms with Crippen LogP contribution in [0.15, 0.2) is 98.1 Å². The smallest absolute Gasteiger partial charge is 0.269 e. The first-order valence-corrected chi connectivity index (χ1v) is 11.1. The maximum absolute atomic E-state index is 13.1. The summed E-state index contributed by atoms with van der Waals surface area (Å²) in [4.78, 5) is 25.4. The molecule has 3 aromatic rings. The fourth-order valence-corrected chi connectivity index (χ4v) is 4.08. The summed E-state index contributed by atoms with van der Waals surface area (Å²) in [5.74, 6) is 0.368. The number of amides is 1. The average Bonchev–Trinajstić information content (AvgIpc) is 3.44. The van der Waals surface area contributed by atoms with E-state index in [4.69, 9.17) is 4.42 Å². The largest absolute Gasteiger partial charge is 0.467 e. The van der Waals surface area contributed by atoms with Crippen LogP contribution >= 0.6 is 11.8 Å². The van der Waals surface area contributed by atoms with E-state index in [0.29, 0.717) is 21.4 Å². The van der Waals surface area contributed by atoms with E-state index in [1.165, 1.54) is 28.8 Å². The Hall–Kier alpha value is -4.24. The number of nitro benzene ring substituents is 1. The number of non-ortho nitro benzene ring substituents is 1. The van der Waals surface area contributed by atoms with E-state index >= 15 is 0 Å². The minimum Gasteiger partial charge on any atom is -0.467 e. The second-order valence-electron chi connectivity index (χ2n) is 7.36. The molecule has 0 spiro atoms. The molecule has 0 atom stereocenters. The van der Waals surface area contributed by atoms with Gasteiger partial charge in [0.05, 0.1) is 28.9 Å². The third-order valence-electron chi connectivity index (χ3n) is 4.78. The van der Waals surface area contributed by atoms with E-state index in [0.717, 1.165) is 11.1 Å². The van der Waals surface area contributed by atoms with Crippen molar-refractivity contribution in [3.05, 3.63) is 110 Å². The molecule has 8 nitrogen and oxygen atoms in total. The summed E-state index contributed by atoms with van der Waals surface area (Å²) in [6.07, 6.45) is 6.84. The molecule has 9 heteroatoms. The zero-order valence-corrected chi connectivity index (χ0v) is 19.0. The molecule has 1 fully saturated rings. The van der Waals surface area contributed by atoms with E-state index < -0.39 is 4.92 Å². The molecule has 1 saturated heterocycles. The highest BCUT2D eigenvalue weighted by Crippen LogP contribution is 2.34. The van der Waals surface area contributed by atoms with Gasteiger partial charge in [0.1, 0.15) is 5.76 Å². The number of amidine groups is 1. The molecule has 34 heavy (non-hydrogen) atoms. The summed E-state index contributed by atoms with van der Waals surface area (Å²) < 4.78 is 5.40. The van der Waals surface area contributed by atoms with Crippen LogP contribution in [0.25, 0.3) is 12.2 Å². The van der Waals surface area contributed by atoms with Crippen LogP contribution in [0.2, 0.25) is 0 Å². The van der Waals surface area contributed by atoms with E-state index in [-0.39, 0.29) is 18.1 Å². The predicted molar refractivity (Wildman–Crippen MR) is 134 cm³/mol. The molecule has 0 N–H and O–H groups in total. The Morgan fingerprint density at radius 1 is 1.09 bits per heavy atom. The molecule has 0 aliphatic carbocycles. The molecule has 0 saturated carbocycles. The summed E-state index contributed by atoms with van der Waals surface area (Å²) >= 11 is 1.19. The number of allylic oxidation sites excluding steroid dienone is 1. The molecular formula is C25H20N4O4S. The first-order chi connectivity index (χ1) is 16.5. The van der Waals surface area contributed by atoms with Gasteiger partial charge in [-0.3, -0.25) is 19.8 Å². The number of rotatable bonds is 7. The van der Waals surface area contributed by atoms with E-state index in [9.17, 15) is 14.9 Å². The Labute approximate surface area is 200 Å². The van der Waals surface area contributed by atoms with Gasteiger partial charge in [-0.05, 0) is 65.7 Å². The van der Waals surface area contributed by atoms with Gasteiger partial charge >= 0.3 is 0 Å². The minimum atomic E-state index is -0.464. The zero-order chi connectivity index (χ0) is 23.9. The second-order valence-corrected chi connectivity index (χ2v) is 8.37. The highest BCUT2D eigenvalue weighted by atomic mass is 32.2. The second kappa shape index (κ2) is 10.6. The van der Waals surface area contributed by atoms with E-state index in [1.54, 1.807) is 42.8 Å². The molecule has 1 aliphatic rings. The van der Waals surface area contributed by atoms with Gasteiger partial charge in [-0.1, -0.05) is 36.4 Å². The van der Waals surface area contributed by atoms with Crippen molar-refractivity contribution in [2.45, 2.75) is 13.5 Å². The summed E-state index contributed by atoms with van der Waals surface area (Å²) in [5.41, 5.74) is 2.62. The van der Waals surface area contributed by atoms with Crippen LogP contribution in [0.5, 0.6) is 0 Å². The number of thioether (sulfide) groups is 1. The lowest BCUT2D eigenvalue weighted by Crippen LogP contribution is -2.28. The summed E-state index contributed by atoms with van der Waals surface area (Å²) in [5, 5.41) is 19.8. The molecule has 4 rings (SSSR count). The number of nitro groups is 1. The highest BCUT2D eigenvalue weighted by Gasteiger charge is 2.34. The van der Waals surface area contributed by atoms with Crippen molar-refractivity contribution in [3.63, 3.8) is 0 Å². The average molecular weight is 473 g/mol. The molecule has 1 aliphatic heterocycles. The van der Waals surface area contributed by atoms with Crippen LogP contribution in [-0.4, -0.2) is 27.1 Å². The number of carbonyl (C=O) groups excluding carboxylic acids is 1. The number of nitrogens with zero attached hydrogens (tertiary/aromatic N) is 4. The van der Waals surface area contributed by atoms with Gasteiger partial charge in [0.25, 0.3) is 11.6 Å². The molecule has 0 unspecified atom stereocenters. The molecule has 0 radical (unpaired) electrons. The normalized spacial score (nSPS) is 16.8. The van der Waals surface area contributed by atoms with Crippen LogP contribution in [0.3, 0.4) is 0 Å². The van der Waals surface area contributed by atoms with Crippen molar-refractivity contribution in [1.29, 1.82) is 0 Å². The predicted octanol–water partition coefficient (Wildman–Crippen LogP) is 5.75. The molecule has 2 heterocycles. The SMILES string of the molecule is CC(/C=N\N=C1\S/C(=C\c2ccc([N+](=O)[O-])cc2)C(=O)N1Cc1ccco1)=C\c1ccccc1. The number of carbonyl (C=O) groups is 1. The Kier molecular flexibility index (Phi) is 7.14. The first kappa shape index (κ1) is 22.9. The summed E-state index contributed by atoms with van der Waals surface area (Å²) in [6.45, 7) is 2.13. The number of hydrogen-bond donors (Lipinski definition) is 0. The lowest BCUT2D eigenvalue weighted by molar-refractivity contribution is -0.384. The van der Waals surface area contributed by atoms with Crippen molar-refractivity contribution < 1.29 is 14.1 Å². The van der Waals surface area contributed by atoms with Crippen molar-refractivity contribution in [3.8, 4) is 0 Å². The molecule has 0 bridgehead atoms. The van der Waals surface area contributed by atoms with Crippen LogP contribution < -0.4 is 0 Å². The number of hydrogen-bond acceptors (Lipinski definition) is 7. The van der Waals surface area contributed by atoms with Gasteiger partial charge in [-0.25, -0.2) is 0 Å². The Bertz CT molecular complexity index is 1290. The highest BCUT2D eigenvalue weighted by molar-refractivity contribution is 8.18. The molecule has 1 aromatic heterocycles. The van der Waals surface area contributed by atoms with Crippen molar-refractivity contribution >= 4 is 46.9 Å². The third kappa shape index (κ3) is 5.76. The van der Waals surface area contributed by atoms with Gasteiger partial charge in [0, 0.05) is 12.1 Å². The zero-order valence-electron chi connectivity index (χ0n) is 18.2. The molecule has 170 valence electrons. The van der Waals surface area contributed by atoms with Crippen LogP contribution in [-0.2, 0) is 11.3 Å². The van der Waals surface area contributed by atoms with Gasteiger partial charge < -0.3 is 4.42 Å². The third-order valence-corrected chi connectivity index (χ3v) is 5.78. The monoisotopic (exact) mass is 472 g/mol. The van der Waals surface area contributed by atoms with Crippen LogP contribution in [0.1, 0.15) is 23.8 Å². The van der Waals surface area contributed by atoms with Gasteiger partial charge in [0.2, 0.25) is 0 Å². The Morgan fingerprint density at radius 2 is 1.85 bits per heavy atom. The molecular weight excluding hydrogens is 452 g/mol. The Balaban J connectivity index is 1.57. The fraction of sp³-hybridized carbons (Fsp3) is 0.0800. The lowest BCUT2D eigenvalue weighted by atomic mass is 10.1. The molecule has 1 amide bonds. The summed E-state index contributed by atoms with van der Waals surface area (Å²) in [7, 11) is 0. The fourth-order valence-electron chi connectivity index (χ4n) is 3.14. The number of benzene rings is 2. The van der Waals surface area contributed by atoms with Gasteiger partial charge in [-0.15, -0.1) is 5.10 Å². The first-order valence-electron chi connectivity index (χ1n) is 10.3. The lowest BCUT2D eigenvalue weighted by Gasteiger charge is -2.12.